The van der Waals surface area contributed by atoms with Crippen molar-refractivity contribution < 1.29 is 4.79 Å². The van der Waals surface area contributed by atoms with Gasteiger partial charge in [0.15, 0.2) is 0 Å². The number of thiophene rings is 1. The Morgan fingerprint density at radius 2 is 1.74 bits per heavy atom. The van der Waals surface area contributed by atoms with Crippen LogP contribution in [0.3, 0.4) is 0 Å². The van der Waals surface area contributed by atoms with Gasteiger partial charge in [-0.15, -0.1) is 0 Å². The molecule has 0 aliphatic rings. The molecule has 0 spiro atoms. The van der Waals surface area contributed by atoms with E-state index in [1.54, 1.807) is 42.1 Å². The Morgan fingerprint density at radius 3 is 2.61 bits per heavy atom. The van der Waals surface area contributed by atoms with Gasteiger partial charge in [-0.2, -0.15) is 16.4 Å². The lowest BCUT2D eigenvalue weighted by molar-refractivity contribution is 0.102. The molecular formula is C29H19N7OS. The van der Waals surface area contributed by atoms with Crippen LogP contribution in [0.15, 0.2) is 96.2 Å². The van der Waals surface area contributed by atoms with Crippen LogP contribution >= 0.6 is 11.3 Å². The zero-order valence-electron chi connectivity index (χ0n) is 19.8. The van der Waals surface area contributed by atoms with Gasteiger partial charge in [0.1, 0.15) is 5.69 Å². The number of hydrogen-bond acceptors (Lipinski definition) is 6. The summed E-state index contributed by atoms with van der Waals surface area (Å²) in [4.78, 5) is 29.7. The summed E-state index contributed by atoms with van der Waals surface area (Å²) in [6.45, 7) is 0. The fraction of sp³-hybridized carbons (Fsp3) is 0. The predicted octanol–water partition coefficient (Wildman–Crippen LogP) is 6.54. The number of amides is 1. The number of aromatic nitrogens is 6. The lowest BCUT2D eigenvalue weighted by Gasteiger charge is -2.07. The normalized spacial score (nSPS) is 11.3. The zero-order valence-corrected chi connectivity index (χ0v) is 20.7. The number of H-pyrrole nitrogens is 2. The van der Waals surface area contributed by atoms with E-state index in [0.29, 0.717) is 11.3 Å². The van der Waals surface area contributed by atoms with Crippen molar-refractivity contribution in [3.05, 3.63) is 102 Å². The number of nitrogens with zero attached hydrogens (tertiary/aromatic N) is 4. The zero-order chi connectivity index (χ0) is 25.5. The number of pyridine rings is 3. The Bertz CT molecular complexity index is 1920. The maximum absolute atomic E-state index is 12.6. The van der Waals surface area contributed by atoms with E-state index in [1.165, 1.54) is 0 Å². The Balaban J connectivity index is 1.25. The maximum Gasteiger partial charge on any atom is 0.255 e. The molecule has 6 aromatic heterocycles. The van der Waals surface area contributed by atoms with E-state index in [-0.39, 0.29) is 5.91 Å². The molecule has 7 aromatic rings. The van der Waals surface area contributed by atoms with Crippen LogP contribution in [0.5, 0.6) is 0 Å². The molecule has 0 saturated heterocycles. The number of nitrogens with one attached hydrogen (secondary N) is 3. The first-order valence-corrected chi connectivity index (χ1v) is 12.8. The molecule has 38 heavy (non-hydrogen) atoms. The second kappa shape index (κ2) is 9.06. The molecule has 9 heteroatoms. The van der Waals surface area contributed by atoms with Crippen molar-refractivity contribution >= 4 is 44.7 Å². The molecule has 0 saturated carbocycles. The third kappa shape index (κ3) is 3.91. The largest absolute Gasteiger partial charge is 0.353 e. The third-order valence-corrected chi connectivity index (χ3v) is 7.06. The SMILES string of the molecule is O=C(Nc1cncc(-c2cc3c(-c4cc5c(-c6ccsc6)nccc5[nH]4)n[nH]c3cn2)c1)c1ccccc1. The van der Waals surface area contributed by atoms with Gasteiger partial charge in [0.2, 0.25) is 0 Å². The summed E-state index contributed by atoms with van der Waals surface area (Å²) in [6.07, 6.45) is 6.93. The topological polar surface area (TPSA) is 112 Å². The van der Waals surface area contributed by atoms with E-state index in [0.717, 1.165) is 55.7 Å². The second-order valence-corrected chi connectivity index (χ2v) is 9.57. The van der Waals surface area contributed by atoms with Crippen molar-refractivity contribution in [1.82, 2.24) is 30.1 Å². The molecule has 182 valence electrons. The summed E-state index contributed by atoms with van der Waals surface area (Å²) in [5, 5.41) is 16.7. The highest BCUT2D eigenvalue weighted by molar-refractivity contribution is 7.08. The van der Waals surface area contributed by atoms with E-state index in [4.69, 9.17) is 0 Å². The van der Waals surface area contributed by atoms with Crippen molar-refractivity contribution in [1.29, 1.82) is 0 Å². The molecule has 0 radical (unpaired) electrons. The molecule has 0 aliphatic carbocycles. The summed E-state index contributed by atoms with van der Waals surface area (Å²) in [5.74, 6) is -0.194. The molecule has 0 aliphatic heterocycles. The fourth-order valence-electron chi connectivity index (χ4n) is 4.53. The quantitative estimate of drug-likeness (QED) is 0.242. The van der Waals surface area contributed by atoms with E-state index < -0.39 is 0 Å². The van der Waals surface area contributed by atoms with Crippen molar-refractivity contribution in [3.8, 4) is 33.9 Å². The van der Waals surface area contributed by atoms with Crippen LogP contribution in [0.2, 0.25) is 0 Å². The van der Waals surface area contributed by atoms with Crippen molar-refractivity contribution in [2.75, 3.05) is 5.32 Å². The Hall–Kier alpha value is -5.15. The Kier molecular flexibility index (Phi) is 5.26. The standard InChI is InChI=1S/C29H19N7OS/c37-29(17-4-2-1-3-5-17)33-20-10-19(13-30-14-20)24-11-22-26(15-32-24)35-36-28(22)25-12-21-23(34-25)6-8-31-27(21)18-7-9-38-16-18/h1-16,34H,(H,33,37)(H,35,36). The van der Waals surface area contributed by atoms with Gasteiger partial charge in [0.25, 0.3) is 5.91 Å². The first-order valence-electron chi connectivity index (χ1n) is 11.9. The average molecular weight is 514 g/mol. The first kappa shape index (κ1) is 22.1. The van der Waals surface area contributed by atoms with Crippen LogP contribution in [0.1, 0.15) is 10.4 Å². The van der Waals surface area contributed by atoms with Gasteiger partial charge < -0.3 is 10.3 Å². The molecule has 6 heterocycles. The molecule has 0 unspecified atom stereocenters. The number of aromatic amines is 2. The van der Waals surface area contributed by atoms with Crippen LogP contribution in [0.4, 0.5) is 5.69 Å². The summed E-state index contributed by atoms with van der Waals surface area (Å²) in [5.41, 5.74) is 8.20. The predicted molar refractivity (Wildman–Crippen MR) is 150 cm³/mol. The molecule has 3 N–H and O–H groups in total. The monoisotopic (exact) mass is 513 g/mol. The van der Waals surface area contributed by atoms with E-state index >= 15 is 0 Å². The van der Waals surface area contributed by atoms with Crippen LogP contribution in [-0.4, -0.2) is 36.0 Å². The third-order valence-electron chi connectivity index (χ3n) is 6.37. The van der Waals surface area contributed by atoms with Gasteiger partial charge >= 0.3 is 0 Å². The van der Waals surface area contributed by atoms with Gasteiger partial charge in [-0.1, -0.05) is 18.2 Å². The summed E-state index contributed by atoms with van der Waals surface area (Å²) >= 11 is 1.65. The maximum atomic E-state index is 12.6. The second-order valence-electron chi connectivity index (χ2n) is 8.79. The van der Waals surface area contributed by atoms with Gasteiger partial charge in [-0.25, -0.2) is 0 Å². The summed E-state index contributed by atoms with van der Waals surface area (Å²) in [7, 11) is 0. The number of rotatable bonds is 5. The van der Waals surface area contributed by atoms with Crippen molar-refractivity contribution in [2.45, 2.75) is 0 Å². The average Bonchev–Trinajstić information content (AvgIpc) is 3.73. The van der Waals surface area contributed by atoms with Crippen LogP contribution in [0, 0.1) is 0 Å². The number of carbonyl (C=O) groups excluding carboxylic acids is 1. The number of hydrogen-bond donors (Lipinski definition) is 3. The van der Waals surface area contributed by atoms with Crippen LogP contribution < -0.4 is 5.32 Å². The molecule has 1 amide bonds. The molecular weight excluding hydrogens is 494 g/mol. The molecule has 7 rings (SSSR count). The highest BCUT2D eigenvalue weighted by Gasteiger charge is 2.16. The molecule has 0 bridgehead atoms. The number of fused-ring (bicyclic) bond motifs is 2. The summed E-state index contributed by atoms with van der Waals surface area (Å²) in [6, 6.07) is 19.1. The Labute approximate surface area is 220 Å². The first-order chi connectivity index (χ1) is 18.7. The van der Waals surface area contributed by atoms with Crippen molar-refractivity contribution in [3.63, 3.8) is 0 Å². The molecule has 0 fully saturated rings. The Morgan fingerprint density at radius 1 is 0.842 bits per heavy atom. The molecule has 8 nitrogen and oxygen atoms in total. The van der Waals surface area contributed by atoms with Gasteiger partial charge in [-0.3, -0.25) is 24.8 Å². The van der Waals surface area contributed by atoms with Gasteiger partial charge in [0, 0.05) is 50.8 Å². The van der Waals surface area contributed by atoms with E-state index in [1.807, 2.05) is 42.6 Å². The van der Waals surface area contributed by atoms with E-state index in [9.17, 15) is 4.79 Å². The van der Waals surface area contributed by atoms with E-state index in [2.05, 4.69) is 58.3 Å². The minimum absolute atomic E-state index is 0.194. The lowest BCUT2D eigenvalue weighted by atomic mass is 10.1. The number of carbonyl (C=O) groups is 1. The highest BCUT2D eigenvalue weighted by atomic mass is 32.1. The van der Waals surface area contributed by atoms with Crippen LogP contribution in [0.25, 0.3) is 55.7 Å². The number of benzene rings is 1. The van der Waals surface area contributed by atoms with Crippen molar-refractivity contribution in [2.24, 2.45) is 0 Å². The smallest absolute Gasteiger partial charge is 0.255 e. The fourth-order valence-corrected chi connectivity index (χ4v) is 5.17. The summed E-state index contributed by atoms with van der Waals surface area (Å²) < 4.78 is 0. The lowest BCUT2D eigenvalue weighted by Crippen LogP contribution is -2.11. The molecule has 0 atom stereocenters. The van der Waals surface area contributed by atoms with Gasteiger partial charge in [0.05, 0.1) is 40.7 Å². The minimum Gasteiger partial charge on any atom is -0.353 e. The highest BCUT2D eigenvalue weighted by Crippen LogP contribution is 2.34. The van der Waals surface area contributed by atoms with Gasteiger partial charge in [-0.05, 0) is 47.8 Å². The van der Waals surface area contributed by atoms with Crippen LogP contribution in [-0.2, 0) is 0 Å². The minimum atomic E-state index is -0.194. The number of anilines is 1. The molecule has 1 aromatic carbocycles.